The lowest BCUT2D eigenvalue weighted by molar-refractivity contribution is -0.140. The van der Waals surface area contributed by atoms with Gasteiger partial charge in [-0.15, -0.1) is 0 Å². The number of carbonyl (C=O) groups excluding carboxylic acids is 1. The summed E-state index contributed by atoms with van der Waals surface area (Å²) in [4.78, 5) is 14.3. The minimum absolute atomic E-state index is 0.178. The Balaban J connectivity index is 1.87. The smallest absolute Gasteiger partial charge is 0.225 e. The second-order valence-corrected chi connectivity index (χ2v) is 5.73. The summed E-state index contributed by atoms with van der Waals surface area (Å²) < 4.78 is 0. The van der Waals surface area contributed by atoms with E-state index in [4.69, 9.17) is 5.73 Å². The predicted octanol–water partition coefficient (Wildman–Crippen LogP) is 0.733. The van der Waals surface area contributed by atoms with Gasteiger partial charge in [-0.3, -0.25) is 4.79 Å². The van der Waals surface area contributed by atoms with Crippen molar-refractivity contribution in [1.29, 1.82) is 0 Å². The van der Waals surface area contributed by atoms with Gasteiger partial charge >= 0.3 is 0 Å². The fraction of sp³-hybridized carbons (Fsp3) is 0.923. The third-order valence-electron chi connectivity index (χ3n) is 4.29. The van der Waals surface area contributed by atoms with Crippen LogP contribution in [-0.2, 0) is 4.79 Å². The molecular formula is C13H24N2O2. The van der Waals surface area contributed by atoms with Crippen LogP contribution in [0.15, 0.2) is 0 Å². The zero-order valence-electron chi connectivity index (χ0n) is 10.6. The van der Waals surface area contributed by atoms with Crippen molar-refractivity contribution in [3.05, 3.63) is 0 Å². The first-order valence-corrected chi connectivity index (χ1v) is 6.80. The van der Waals surface area contributed by atoms with Gasteiger partial charge in [0, 0.05) is 25.0 Å². The highest BCUT2D eigenvalue weighted by Gasteiger charge is 2.32. The molecule has 1 saturated heterocycles. The molecule has 2 atom stereocenters. The van der Waals surface area contributed by atoms with Gasteiger partial charge in [-0.25, -0.2) is 0 Å². The molecule has 4 nitrogen and oxygen atoms in total. The van der Waals surface area contributed by atoms with Crippen LogP contribution in [0.5, 0.6) is 0 Å². The fourth-order valence-electron chi connectivity index (χ4n) is 2.96. The second-order valence-electron chi connectivity index (χ2n) is 5.73. The van der Waals surface area contributed by atoms with E-state index in [9.17, 15) is 9.90 Å². The molecule has 1 heterocycles. The molecule has 98 valence electrons. The lowest BCUT2D eigenvalue weighted by Gasteiger charge is -2.37. The molecular weight excluding hydrogens is 216 g/mol. The highest BCUT2D eigenvalue weighted by Crippen LogP contribution is 2.27. The molecule has 0 aromatic heterocycles. The summed E-state index contributed by atoms with van der Waals surface area (Å²) in [5, 5.41) is 9.67. The van der Waals surface area contributed by atoms with Crippen LogP contribution in [0.3, 0.4) is 0 Å². The molecule has 1 aliphatic heterocycles. The Morgan fingerprint density at radius 2 is 1.88 bits per heavy atom. The fourth-order valence-corrected chi connectivity index (χ4v) is 2.96. The lowest BCUT2D eigenvalue weighted by atomic mass is 9.84. The summed E-state index contributed by atoms with van der Waals surface area (Å²) in [6.45, 7) is 3.44. The van der Waals surface area contributed by atoms with Gasteiger partial charge in [0.2, 0.25) is 5.91 Å². The van der Waals surface area contributed by atoms with Gasteiger partial charge in [0.1, 0.15) is 0 Å². The van der Waals surface area contributed by atoms with Gasteiger partial charge in [-0.05, 0) is 38.0 Å². The van der Waals surface area contributed by atoms with Crippen LogP contribution >= 0.6 is 0 Å². The minimum Gasteiger partial charge on any atom is -0.393 e. The van der Waals surface area contributed by atoms with Gasteiger partial charge in [-0.2, -0.15) is 0 Å². The van der Waals surface area contributed by atoms with Crippen LogP contribution in [0.2, 0.25) is 0 Å². The Bertz CT molecular complexity index is 275. The highest BCUT2D eigenvalue weighted by molar-refractivity contribution is 5.79. The van der Waals surface area contributed by atoms with Crippen LogP contribution in [0.25, 0.3) is 0 Å². The van der Waals surface area contributed by atoms with E-state index in [0.717, 1.165) is 32.1 Å². The molecule has 1 saturated carbocycles. The molecule has 0 bridgehead atoms. The molecule has 0 aromatic carbocycles. The third kappa shape index (κ3) is 2.99. The number of piperidine rings is 1. The van der Waals surface area contributed by atoms with Gasteiger partial charge in [-0.1, -0.05) is 6.92 Å². The molecule has 1 amide bonds. The minimum atomic E-state index is -0.237. The number of nitrogens with zero attached hydrogens (tertiary/aromatic N) is 1. The monoisotopic (exact) mass is 240 g/mol. The standard InChI is InChI=1S/C13H24N2O2/c1-9-8-15(7-6-12(9)16)13(17)10-2-4-11(14)5-3-10/h9-12,16H,2-8,14H2,1H3. The SMILES string of the molecule is CC1CN(C(=O)C2CCC(N)CC2)CCC1O. The van der Waals surface area contributed by atoms with Crippen LogP contribution in [-0.4, -0.2) is 41.1 Å². The van der Waals surface area contributed by atoms with E-state index >= 15 is 0 Å². The molecule has 1 aliphatic carbocycles. The average Bonchev–Trinajstić information content (AvgIpc) is 2.33. The van der Waals surface area contributed by atoms with Crippen LogP contribution in [0.1, 0.15) is 39.0 Å². The summed E-state index contributed by atoms with van der Waals surface area (Å²) in [5.41, 5.74) is 5.86. The number of hydrogen-bond acceptors (Lipinski definition) is 3. The summed E-state index contributed by atoms with van der Waals surface area (Å²) in [5.74, 6) is 0.673. The first-order valence-electron chi connectivity index (χ1n) is 6.80. The molecule has 2 fully saturated rings. The number of rotatable bonds is 1. The van der Waals surface area contributed by atoms with Crippen molar-refractivity contribution in [3.8, 4) is 0 Å². The van der Waals surface area contributed by atoms with Gasteiger partial charge in [0.15, 0.2) is 0 Å². The van der Waals surface area contributed by atoms with Crippen molar-refractivity contribution in [1.82, 2.24) is 4.90 Å². The van der Waals surface area contributed by atoms with Crippen molar-refractivity contribution in [2.24, 2.45) is 17.6 Å². The molecule has 2 unspecified atom stereocenters. The molecule has 3 N–H and O–H groups in total. The summed E-state index contributed by atoms with van der Waals surface area (Å²) in [7, 11) is 0. The zero-order valence-corrected chi connectivity index (χ0v) is 10.6. The largest absolute Gasteiger partial charge is 0.393 e. The van der Waals surface area contributed by atoms with Gasteiger partial charge in [0.05, 0.1) is 6.10 Å². The third-order valence-corrected chi connectivity index (χ3v) is 4.29. The quantitative estimate of drug-likeness (QED) is 0.710. The molecule has 2 aliphatic rings. The first-order chi connectivity index (χ1) is 8.08. The average molecular weight is 240 g/mol. The number of aliphatic hydroxyl groups excluding tert-OH is 1. The number of hydrogen-bond donors (Lipinski definition) is 2. The van der Waals surface area contributed by atoms with E-state index in [1.54, 1.807) is 0 Å². The van der Waals surface area contributed by atoms with Crippen LogP contribution in [0, 0.1) is 11.8 Å². The van der Waals surface area contributed by atoms with E-state index < -0.39 is 0 Å². The van der Waals surface area contributed by atoms with E-state index in [0.29, 0.717) is 19.1 Å². The number of aliphatic hydroxyl groups is 1. The van der Waals surface area contributed by atoms with E-state index in [1.807, 2.05) is 11.8 Å². The maximum absolute atomic E-state index is 12.3. The van der Waals surface area contributed by atoms with Gasteiger partial charge < -0.3 is 15.7 Å². The molecule has 4 heteroatoms. The molecule has 0 spiro atoms. The number of nitrogens with two attached hydrogens (primary N) is 1. The van der Waals surface area contributed by atoms with E-state index in [-0.39, 0.29) is 23.8 Å². The Morgan fingerprint density at radius 1 is 1.24 bits per heavy atom. The summed E-state index contributed by atoms with van der Waals surface area (Å²) >= 11 is 0. The van der Waals surface area contributed by atoms with Crippen molar-refractivity contribution >= 4 is 5.91 Å². The van der Waals surface area contributed by atoms with E-state index in [2.05, 4.69) is 0 Å². The first kappa shape index (κ1) is 12.8. The van der Waals surface area contributed by atoms with Crippen molar-refractivity contribution in [2.45, 2.75) is 51.2 Å². The van der Waals surface area contributed by atoms with Crippen molar-refractivity contribution in [2.75, 3.05) is 13.1 Å². The molecule has 0 aromatic rings. The Hall–Kier alpha value is -0.610. The van der Waals surface area contributed by atoms with Gasteiger partial charge in [0.25, 0.3) is 0 Å². The number of amides is 1. The molecule has 17 heavy (non-hydrogen) atoms. The Kier molecular flexibility index (Phi) is 4.05. The Labute approximate surface area is 103 Å². The second kappa shape index (κ2) is 5.36. The van der Waals surface area contributed by atoms with Crippen LogP contribution in [0.4, 0.5) is 0 Å². The topological polar surface area (TPSA) is 66.6 Å². The van der Waals surface area contributed by atoms with Crippen LogP contribution < -0.4 is 5.73 Å². The molecule has 2 rings (SSSR count). The Morgan fingerprint density at radius 3 is 2.47 bits per heavy atom. The number of carbonyl (C=O) groups is 1. The summed E-state index contributed by atoms with van der Waals surface area (Å²) in [6, 6.07) is 0.293. The number of likely N-dealkylation sites (tertiary alicyclic amines) is 1. The van der Waals surface area contributed by atoms with Crippen molar-refractivity contribution < 1.29 is 9.90 Å². The maximum Gasteiger partial charge on any atom is 0.225 e. The predicted molar refractivity (Wildman–Crippen MR) is 66.3 cm³/mol. The highest BCUT2D eigenvalue weighted by atomic mass is 16.3. The molecule has 0 radical (unpaired) electrons. The van der Waals surface area contributed by atoms with Crippen molar-refractivity contribution in [3.63, 3.8) is 0 Å². The van der Waals surface area contributed by atoms with E-state index in [1.165, 1.54) is 0 Å². The lowest BCUT2D eigenvalue weighted by Crippen LogP contribution is -2.48. The maximum atomic E-state index is 12.3. The normalized spacial score (nSPS) is 39.1. The zero-order chi connectivity index (χ0) is 12.4. The summed E-state index contributed by atoms with van der Waals surface area (Å²) in [6.07, 6.45) is 4.31.